The van der Waals surface area contributed by atoms with Gasteiger partial charge in [-0.3, -0.25) is 15.0 Å². The Hall–Kier alpha value is -3.94. The van der Waals surface area contributed by atoms with Crippen molar-refractivity contribution in [3.63, 3.8) is 0 Å². The monoisotopic (exact) mass is 371 g/mol. The predicted octanol–water partition coefficient (Wildman–Crippen LogP) is 2.84. The first-order valence-corrected chi connectivity index (χ1v) is 8.87. The van der Waals surface area contributed by atoms with Crippen LogP contribution in [-0.2, 0) is 6.54 Å². The molecule has 0 aliphatic carbocycles. The van der Waals surface area contributed by atoms with Crippen LogP contribution in [0.5, 0.6) is 0 Å². The van der Waals surface area contributed by atoms with Crippen molar-refractivity contribution in [2.45, 2.75) is 13.5 Å². The summed E-state index contributed by atoms with van der Waals surface area (Å²) in [7, 11) is 0. The standard InChI is InChI=1S/C20H17N7O/c1-12-2-3-19-24-14(11-27(19)10-12)8-21-20(28)15-6-13(17-4-5-22-25-17)7-18-16(15)9-23-26-18/h2-7,9-11H,8H2,1H3,(H,21,28)(H,22,25)(H,23,26). The van der Waals surface area contributed by atoms with Gasteiger partial charge < -0.3 is 9.72 Å². The molecule has 0 spiro atoms. The Morgan fingerprint density at radius 1 is 1.14 bits per heavy atom. The first-order valence-electron chi connectivity index (χ1n) is 8.87. The van der Waals surface area contributed by atoms with Crippen molar-refractivity contribution in [1.29, 1.82) is 0 Å². The molecule has 28 heavy (non-hydrogen) atoms. The number of pyridine rings is 1. The van der Waals surface area contributed by atoms with Crippen LogP contribution in [0.15, 0.2) is 55.1 Å². The molecule has 4 heterocycles. The molecule has 0 fully saturated rings. The Morgan fingerprint density at radius 3 is 2.93 bits per heavy atom. The van der Waals surface area contributed by atoms with Crippen LogP contribution >= 0.6 is 0 Å². The highest BCUT2D eigenvalue weighted by molar-refractivity contribution is 6.07. The second-order valence-corrected chi connectivity index (χ2v) is 6.71. The number of carbonyl (C=O) groups is 1. The second-order valence-electron chi connectivity index (χ2n) is 6.71. The topological polar surface area (TPSA) is 104 Å². The van der Waals surface area contributed by atoms with Gasteiger partial charge in [0.25, 0.3) is 5.91 Å². The second kappa shape index (κ2) is 6.34. The number of benzene rings is 1. The maximum absolute atomic E-state index is 12.9. The molecule has 1 aromatic carbocycles. The largest absolute Gasteiger partial charge is 0.346 e. The van der Waals surface area contributed by atoms with E-state index in [4.69, 9.17) is 0 Å². The molecule has 0 atom stereocenters. The normalized spacial score (nSPS) is 11.3. The van der Waals surface area contributed by atoms with E-state index in [0.717, 1.165) is 39.1 Å². The number of carbonyl (C=O) groups excluding carboxylic acids is 1. The van der Waals surface area contributed by atoms with Gasteiger partial charge in [-0.25, -0.2) is 4.98 Å². The molecular weight excluding hydrogens is 354 g/mol. The highest BCUT2D eigenvalue weighted by Crippen LogP contribution is 2.25. The van der Waals surface area contributed by atoms with Crippen molar-refractivity contribution < 1.29 is 4.79 Å². The highest BCUT2D eigenvalue weighted by Gasteiger charge is 2.15. The summed E-state index contributed by atoms with van der Waals surface area (Å²) in [5, 5.41) is 17.6. The lowest BCUT2D eigenvalue weighted by Crippen LogP contribution is -2.23. The molecule has 0 bridgehead atoms. The van der Waals surface area contributed by atoms with Gasteiger partial charge in [-0.1, -0.05) is 6.07 Å². The average molecular weight is 371 g/mol. The van der Waals surface area contributed by atoms with E-state index in [1.807, 2.05) is 54.0 Å². The van der Waals surface area contributed by atoms with Gasteiger partial charge >= 0.3 is 0 Å². The molecular formula is C20H17N7O. The van der Waals surface area contributed by atoms with Gasteiger partial charge in [0.1, 0.15) is 5.65 Å². The van der Waals surface area contributed by atoms with Gasteiger partial charge in [-0.05, 0) is 36.8 Å². The van der Waals surface area contributed by atoms with E-state index >= 15 is 0 Å². The Labute approximate surface area is 159 Å². The number of H-pyrrole nitrogens is 2. The fourth-order valence-electron chi connectivity index (χ4n) is 3.32. The first-order chi connectivity index (χ1) is 13.7. The molecule has 5 rings (SSSR count). The molecule has 8 nitrogen and oxygen atoms in total. The summed E-state index contributed by atoms with van der Waals surface area (Å²) >= 11 is 0. The third-order valence-electron chi connectivity index (χ3n) is 4.69. The molecule has 1 amide bonds. The number of hydrogen-bond acceptors (Lipinski definition) is 4. The van der Waals surface area contributed by atoms with E-state index in [2.05, 4.69) is 30.7 Å². The van der Waals surface area contributed by atoms with Crippen LogP contribution in [0.1, 0.15) is 21.6 Å². The van der Waals surface area contributed by atoms with Crippen LogP contribution in [0.2, 0.25) is 0 Å². The third kappa shape index (κ3) is 2.81. The first kappa shape index (κ1) is 16.2. The maximum Gasteiger partial charge on any atom is 0.252 e. The molecule has 138 valence electrons. The number of fused-ring (bicyclic) bond motifs is 2. The number of amides is 1. The van der Waals surface area contributed by atoms with Crippen LogP contribution < -0.4 is 5.32 Å². The Balaban J connectivity index is 1.44. The zero-order chi connectivity index (χ0) is 19.1. The quantitative estimate of drug-likeness (QED) is 0.452. The molecule has 5 aromatic rings. The number of aromatic amines is 2. The van der Waals surface area contributed by atoms with Crippen LogP contribution in [0.3, 0.4) is 0 Å². The van der Waals surface area contributed by atoms with Crippen molar-refractivity contribution in [3.05, 3.63) is 71.9 Å². The zero-order valence-electron chi connectivity index (χ0n) is 15.1. The fraction of sp³-hybridized carbons (Fsp3) is 0.100. The lowest BCUT2D eigenvalue weighted by molar-refractivity contribution is 0.0952. The number of aromatic nitrogens is 6. The lowest BCUT2D eigenvalue weighted by atomic mass is 10.0. The lowest BCUT2D eigenvalue weighted by Gasteiger charge is -2.07. The smallest absolute Gasteiger partial charge is 0.252 e. The number of aryl methyl sites for hydroxylation is 1. The zero-order valence-corrected chi connectivity index (χ0v) is 15.1. The minimum atomic E-state index is -0.180. The van der Waals surface area contributed by atoms with Crippen LogP contribution in [0.25, 0.3) is 27.8 Å². The Morgan fingerprint density at radius 2 is 2.07 bits per heavy atom. The van der Waals surface area contributed by atoms with Gasteiger partial charge in [0.05, 0.1) is 35.2 Å². The summed E-state index contributed by atoms with van der Waals surface area (Å²) in [4.78, 5) is 17.5. The van der Waals surface area contributed by atoms with Gasteiger partial charge in [0.15, 0.2) is 0 Å². The summed E-state index contributed by atoms with van der Waals surface area (Å²) in [6, 6.07) is 9.62. The average Bonchev–Trinajstić information content (AvgIpc) is 3.44. The third-order valence-corrected chi connectivity index (χ3v) is 4.69. The molecule has 0 radical (unpaired) electrons. The van der Waals surface area contributed by atoms with Gasteiger partial charge in [-0.15, -0.1) is 0 Å². The molecule has 0 unspecified atom stereocenters. The van der Waals surface area contributed by atoms with Crippen molar-refractivity contribution in [2.75, 3.05) is 0 Å². The van der Waals surface area contributed by atoms with Crippen molar-refractivity contribution in [1.82, 2.24) is 35.1 Å². The minimum absolute atomic E-state index is 0.180. The molecule has 4 aromatic heterocycles. The van der Waals surface area contributed by atoms with Crippen LogP contribution in [-0.4, -0.2) is 35.7 Å². The summed E-state index contributed by atoms with van der Waals surface area (Å²) in [5.74, 6) is -0.180. The Kier molecular flexibility index (Phi) is 3.68. The van der Waals surface area contributed by atoms with E-state index in [-0.39, 0.29) is 5.91 Å². The van der Waals surface area contributed by atoms with E-state index in [9.17, 15) is 4.79 Å². The number of imidazole rings is 1. The van der Waals surface area contributed by atoms with E-state index in [1.165, 1.54) is 0 Å². The molecule has 0 saturated carbocycles. The molecule has 0 saturated heterocycles. The number of rotatable bonds is 4. The maximum atomic E-state index is 12.9. The summed E-state index contributed by atoms with van der Waals surface area (Å²) < 4.78 is 1.96. The van der Waals surface area contributed by atoms with Gasteiger partial charge in [0.2, 0.25) is 0 Å². The van der Waals surface area contributed by atoms with Crippen LogP contribution in [0, 0.1) is 6.92 Å². The Bertz CT molecular complexity index is 1300. The molecule has 3 N–H and O–H groups in total. The van der Waals surface area contributed by atoms with E-state index in [1.54, 1.807) is 12.4 Å². The molecule has 0 aliphatic heterocycles. The summed E-state index contributed by atoms with van der Waals surface area (Å²) in [6.07, 6.45) is 7.28. The summed E-state index contributed by atoms with van der Waals surface area (Å²) in [5.41, 5.74) is 5.85. The SMILES string of the molecule is Cc1ccc2nc(CNC(=O)c3cc(-c4ccn[nH]4)cc4[nH]ncc34)cn2c1. The number of hydrogen-bond donors (Lipinski definition) is 3. The van der Waals surface area contributed by atoms with Gasteiger partial charge in [-0.2, -0.15) is 10.2 Å². The van der Waals surface area contributed by atoms with Crippen molar-refractivity contribution >= 4 is 22.5 Å². The van der Waals surface area contributed by atoms with E-state index < -0.39 is 0 Å². The van der Waals surface area contributed by atoms with Crippen molar-refractivity contribution in [2.24, 2.45) is 0 Å². The summed E-state index contributed by atoms with van der Waals surface area (Å²) in [6.45, 7) is 2.37. The van der Waals surface area contributed by atoms with E-state index in [0.29, 0.717) is 12.1 Å². The predicted molar refractivity (Wildman–Crippen MR) is 105 cm³/mol. The molecule has 0 aliphatic rings. The number of nitrogens with zero attached hydrogens (tertiary/aromatic N) is 4. The minimum Gasteiger partial charge on any atom is -0.346 e. The highest BCUT2D eigenvalue weighted by atomic mass is 16.1. The molecule has 8 heteroatoms. The van der Waals surface area contributed by atoms with Crippen LogP contribution in [0.4, 0.5) is 0 Å². The number of nitrogens with one attached hydrogen (secondary N) is 3. The fourth-order valence-corrected chi connectivity index (χ4v) is 3.32. The van der Waals surface area contributed by atoms with Crippen molar-refractivity contribution in [3.8, 4) is 11.3 Å². The van der Waals surface area contributed by atoms with Gasteiger partial charge in [0, 0.05) is 29.5 Å².